The van der Waals surface area contributed by atoms with E-state index in [1.165, 1.54) is 70.0 Å². The van der Waals surface area contributed by atoms with E-state index in [2.05, 4.69) is 282 Å². The van der Waals surface area contributed by atoms with Gasteiger partial charge in [-0.2, -0.15) is 5.26 Å². The quantitative estimate of drug-likeness (QED) is 0.146. The number of fused-ring (bicyclic) bond motifs is 21. The largest absolute Gasteiger partial charge is 0.456 e. The average molecular weight is 1500 g/mol. The Hall–Kier alpha value is -15.7. The first-order chi connectivity index (χ1) is 57.4. The van der Waals surface area contributed by atoms with Crippen molar-refractivity contribution in [1.82, 2.24) is 34.1 Å². The van der Waals surface area contributed by atoms with Crippen LogP contribution >= 0.6 is 11.3 Å². The molecular formula is C104H58N8O3S. The first kappa shape index (κ1) is 65.1. The number of hydrogen-bond donors (Lipinski definition) is 0. The summed E-state index contributed by atoms with van der Waals surface area (Å²) in [5.41, 5.74) is 24.2. The molecular weight excluding hydrogens is 1440 g/mol. The smallest absolute Gasteiger partial charge is 0.180 e. The van der Waals surface area contributed by atoms with E-state index < -0.39 is 0 Å². The molecule has 0 saturated carbocycles. The Morgan fingerprint density at radius 1 is 0.293 bits per heavy atom. The fourth-order valence-electron chi connectivity index (χ4n) is 17.5. The highest BCUT2D eigenvalue weighted by Crippen LogP contribution is 2.47. The second-order valence-corrected chi connectivity index (χ2v) is 30.7. The van der Waals surface area contributed by atoms with E-state index in [1.54, 1.807) is 11.3 Å². The Kier molecular flexibility index (Phi) is 14.4. The summed E-state index contributed by atoms with van der Waals surface area (Å²) < 4.78 is 26.2. The first-order valence-electron chi connectivity index (χ1n) is 38.6. The Labute approximate surface area is 664 Å². The maximum atomic E-state index is 9.38. The fourth-order valence-corrected chi connectivity index (χ4v) is 18.7. The van der Waals surface area contributed by atoms with Crippen LogP contribution in [0, 0.1) is 11.3 Å². The van der Waals surface area contributed by atoms with Gasteiger partial charge in [0, 0.05) is 98.1 Å². The molecule has 25 aromatic rings. The standard InChI is InChI=1S/C54H29N5O2.C50H29N3OS/c55-30-31-15-17-32(18-16-31)35-19-21-41-49(29-35)61-53-50(36-20-24-48-43(27-36)38-11-4-6-14-47(38)60-48)57-54(58-52(41)53)40-22-23-45(51-39(40)12-7-25-56-51)59-44-13-5-3-10-37(44)42-26-33-8-1-2-9-34(33)28-46(42)59;1-2-10-30(11-3-1)34-21-25-46-41(27-34)48-49(55-46)47(35-20-24-45-40(28-35)38-15-7-9-17-44(38)54-45)51-50(52-48)31-18-22-36(23-19-31)53-42-16-8-6-14-37(42)39-26-32-12-4-5-13-33(32)29-43(39)53/h1-29H;1-29H. The predicted molar refractivity (Wildman–Crippen MR) is 475 cm³/mol. The number of nitrogens with zero attached hydrogens (tertiary/aromatic N) is 8. The summed E-state index contributed by atoms with van der Waals surface area (Å²) in [5, 5.41) is 26.3. The van der Waals surface area contributed by atoms with Crippen LogP contribution in [0.2, 0.25) is 0 Å². The van der Waals surface area contributed by atoms with Crippen molar-refractivity contribution in [2.45, 2.75) is 0 Å². The minimum Gasteiger partial charge on any atom is -0.456 e. The number of hydrogen-bond acceptors (Lipinski definition) is 10. The third kappa shape index (κ3) is 10.3. The van der Waals surface area contributed by atoms with Gasteiger partial charge in [0.2, 0.25) is 0 Å². The molecule has 0 aliphatic heterocycles. The third-order valence-electron chi connectivity index (χ3n) is 23.1. The number of aromatic nitrogens is 7. The molecule has 16 aromatic carbocycles. The first-order valence-corrected chi connectivity index (χ1v) is 39.4. The molecule has 0 radical (unpaired) electrons. The van der Waals surface area contributed by atoms with E-state index in [0.29, 0.717) is 39.6 Å². The summed E-state index contributed by atoms with van der Waals surface area (Å²) in [5.74, 6) is 1.26. The van der Waals surface area contributed by atoms with Gasteiger partial charge < -0.3 is 22.4 Å². The summed E-state index contributed by atoms with van der Waals surface area (Å²) in [6.07, 6.45) is 1.86. The molecule has 9 aromatic heterocycles. The van der Waals surface area contributed by atoms with Crippen molar-refractivity contribution in [2.24, 2.45) is 0 Å². The summed E-state index contributed by atoms with van der Waals surface area (Å²) >= 11 is 1.75. The van der Waals surface area contributed by atoms with Crippen molar-refractivity contribution < 1.29 is 13.3 Å². The average Bonchev–Trinajstić information content (AvgIpc) is 1.56. The van der Waals surface area contributed by atoms with Gasteiger partial charge in [0.15, 0.2) is 17.2 Å². The molecule has 0 unspecified atom stereocenters. The molecule has 0 amide bonds. The summed E-state index contributed by atoms with van der Waals surface area (Å²) in [4.78, 5) is 26.5. The number of benzene rings is 16. The van der Waals surface area contributed by atoms with Crippen molar-refractivity contribution in [3.63, 3.8) is 0 Å². The lowest BCUT2D eigenvalue weighted by atomic mass is 10.0. The summed E-state index contributed by atoms with van der Waals surface area (Å²) in [6, 6.07) is 123. The van der Waals surface area contributed by atoms with Gasteiger partial charge in [-0.3, -0.25) is 4.98 Å². The maximum Gasteiger partial charge on any atom is 0.180 e. The summed E-state index contributed by atoms with van der Waals surface area (Å²) in [7, 11) is 0. The van der Waals surface area contributed by atoms with Crippen molar-refractivity contribution in [3.8, 4) is 85.0 Å². The van der Waals surface area contributed by atoms with Crippen LogP contribution in [0.15, 0.2) is 365 Å². The molecule has 0 aliphatic rings. The number of nitriles is 1. The van der Waals surface area contributed by atoms with Gasteiger partial charge in [-0.05, 0) is 208 Å². The zero-order valence-electron chi connectivity index (χ0n) is 61.7. The van der Waals surface area contributed by atoms with Crippen LogP contribution in [0.4, 0.5) is 0 Å². The highest BCUT2D eigenvalue weighted by molar-refractivity contribution is 7.26. The van der Waals surface area contributed by atoms with Crippen LogP contribution in [0.25, 0.3) is 241 Å². The maximum absolute atomic E-state index is 9.38. The van der Waals surface area contributed by atoms with E-state index in [4.69, 9.17) is 38.2 Å². The highest BCUT2D eigenvalue weighted by Gasteiger charge is 2.26. The van der Waals surface area contributed by atoms with Crippen LogP contribution in [0.3, 0.4) is 0 Å². The van der Waals surface area contributed by atoms with Gasteiger partial charge in [-0.1, -0.05) is 182 Å². The van der Waals surface area contributed by atoms with Crippen molar-refractivity contribution in [2.75, 3.05) is 0 Å². The van der Waals surface area contributed by atoms with Crippen molar-refractivity contribution in [3.05, 3.63) is 358 Å². The molecule has 25 rings (SSSR count). The number of thiophene rings is 1. The van der Waals surface area contributed by atoms with Gasteiger partial charge in [0.25, 0.3) is 0 Å². The topological polar surface area (TPSA) is 138 Å². The lowest BCUT2D eigenvalue weighted by Crippen LogP contribution is -1.99. The third-order valence-corrected chi connectivity index (χ3v) is 24.2. The zero-order chi connectivity index (χ0) is 76.2. The normalized spacial score (nSPS) is 12.0. The number of pyridine rings is 1. The van der Waals surface area contributed by atoms with Gasteiger partial charge in [0.05, 0.1) is 60.8 Å². The van der Waals surface area contributed by atoms with Crippen LogP contribution in [-0.4, -0.2) is 34.1 Å². The van der Waals surface area contributed by atoms with E-state index >= 15 is 0 Å². The SMILES string of the molecule is N#Cc1ccc(-c2ccc3c(c2)oc2c(-c4ccc5oc6ccccc6c5c4)nc(-c4ccc(-n5c6ccccc6c6cc7ccccc7cc65)c5ncccc45)nc23)cc1.c1ccc(-c2ccc3sc4c(-c5ccc6oc7ccccc7c6c5)nc(-c5ccc(-n6c7ccccc7c7cc8ccccc8cc76)cc5)nc4c3c2)cc1. The second-order valence-electron chi connectivity index (χ2n) is 29.7. The Morgan fingerprint density at radius 3 is 1.49 bits per heavy atom. The van der Waals surface area contributed by atoms with Crippen molar-refractivity contribution >= 4 is 174 Å². The molecule has 0 bridgehead atoms. The monoisotopic (exact) mass is 1500 g/mol. The zero-order valence-corrected chi connectivity index (χ0v) is 62.5. The Bertz CT molecular complexity index is 8490. The molecule has 538 valence electrons. The molecule has 0 fully saturated rings. The molecule has 0 saturated heterocycles. The van der Waals surface area contributed by atoms with Crippen LogP contribution in [0.1, 0.15) is 5.56 Å². The number of furan rings is 3. The molecule has 0 N–H and O–H groups in total. The van der Waals surface area contributed by atoms with Crippen molar-refractivity contribution in [1.29, 1.82) is 5.26 Å². The summed E-state index contributed by atoms with van der Waals surface area (Å²) in [6.45, 7) is 0. The van der Waals surface area contributed by atoms with Crippen LogP contribution in [-0.2, 0) is 0 Å². The minimum atomic E-state index is 0.566. The van der Waals surface area contributed by atoms with Gasteiger partial charge in [-0.15, -0.1) is 11.3 Å². The minimum absolute atomic E-state index is 0.566. The Balaban J connectivity index is 0.000000134. The van der Waals surface area contributed by atoms with Gasteiger partial charge in [-0.25, -0.2) is 19.9 Å². The van der Waals surface area contributed by atoms with E-state index in [-0.39, 0.29) is 0 Å². The van der Waals surface area contributed by atoms with Gasteiger partial charge in [0.1, 0.15) is 39.1 Å². The van der Waals surface area contributed by atoms with E-state index in [0.717, 1.165) is 137 Å². The van der Waals surface area contributed by atoms with E-state index in [9.17, 15) is 5.26 Å². The second kappa shape index (κ2) is 25.7. The molecule has 0 spiro atoms. The predicted octanol–water partition coefficient (Wildman–Crippen LogP) is 27.9. The number of para-hydroxylation sites is 4. The van der Waals surface area contributed by atoms with Crippen LogP contribution < -0.4 is 0 Å². The van der Waals surface area contributed by atoms with Gasteiger partial charge >= 0.3 is 0 Å². The molecule has 12 heteroatoms. The van der Waals surface area contributed by atoms with Crippen LogP contribution in [0.5, 0.6) is 0 Å². The lowest BCUT2D eigenvalue weighted by Gasteiger charge is -2.14. The fraction of sp³-hybridized carbons (Fsp3) is 0. The molecule has 0 aliphatic carbocycles. The Morgan fingerprint density at radius 2 is 0.810 bits per heavy atom. The number of rotatable bonds is 8. The molecule has 9 heterocycles. The highest BCUT2D eigenvalue weighted by atomic mass is 32.1. The lowest BCUT2D eigenvalue weighted by molar-refractivity contribution is 0.666. The van der Waals surface area contributed by atoms with E-state index in [1.807, 2.05) is 85.1 Å². The molecule has 116 heavy (non-hydrogen) atoms. The molecule has 11 nitrogen and oxygen atoms in total. The molecule has 0 atom stereocenters.